The van der Waals surface area contributed by atoms with Crippen molar-refractivity contribution in [1.29, 1.82) is 0 Å². The molecule has 0 unspecified atom stereocenters. The van der Waals surface area contributed by atoms with Gasteiger partial charge in [0.05, 0.1) is 18.2 Å². The summed E-state index contributed by atoms with van der Waals surface area (Å²) in [5.74, 6) is -0.627. The van der Waals surface area contributed by atoms with E-state index in [0.29, 0.717) is 25.8 Å². The van der Waals surface area contributed by atoms with Crippen LogP contribution in [0.25, 0.3) is 0 Å². The third-order valence-corrected chi connectivity index (χ3v) is 4.08. The number of carboxylic acids is 1. The summed E-state index contributed by atoms with van der Waals surface area (Å²) < 4.78 is 5.08. The van der Waals surface area contributed by atoms with Crippen molar-refractivity contribution >= 4 is 11.9 Å². The van der Waals surface area contributed by atoms with Gasteiger partial charge in [-0.1, -0.05) is 5.16 Å². The van der Waals surface area contributed by atoms with Crippen LogP contribution in [0.15, 0.2) is 4.52 Å². The number of amides is 1. The van der Waals surface area contributed by atoms with Gasteiger partial charge in [-0.2, -0.15) is 0 Å². The number of rotatable bonds is 4. The van der Waals surface area contributed by atoms with Crippen LogP contribution in [0.2, 0.25) is 0 Å². The van der Waals surface area contributed by atoms with E-state index in [1.807, 2.05) is 13.8 Å². The van der Waals surface area contributed by atoms with Crippen molar-refractivity contribution in [1.82, 2.24) is 10.1 Å². The van der Waals surface area contributed by atoms with Gasteiger partial charge in [-0.15, -0.1) is 0 Å². The summed E-state index contributed by atoms with van der Waals surface area (Å²) in [7, 11) is 1.74. The minimum absolute atomic E-state index is 0.00810. The van der Waals surface area contributed by atoms with Gasteiger partial charge < -0.3 is 14.5 Å². The smallest absolute Gasteiger partial charge is 0.306 e. The SMILES string of the molecule is Cc1noc(C)c1CN(C)C(=O)[C@@H]1CC[C@H](C(=O)O)C1. The normalized spacial score (nSPS) is 21.9. The number of carboxylic acid groups (broad SMARTS) is 1. The number of aliphatic carboxylic acids is 1. The van der Waals surface area contributed by atoms with Crippen LogP contribution in [0, 0.1) is 25.7 Å². The average Bonchev–Trinajstić information content (AvgIpc) is 3.00. The first-order valence-corrected chi connectivity index (χ1v) is 6.79. The summed E-state index contributed by atoms with van der Waals surface area (Å²) in [5.41, 5.74) is 1.71. The highest BCUT2D eigenvalue weighted by molar-refractivity contribution is 5.80. The zero-order valence-electron chi connectivity index (χ0n) is 12.0. The van der Waals surface area contributed by atoms with Crippen LogP contribution in [0.1, 0.15) is 36.3 Å². The molecule has 20 heavy (non-hydrogen) atoms. The fourth-order valence-electron chi connectivity index (χ4n) is 2.78. The van der Waals surface area contributed by atoms with Crippen molar-refractivity contribution in [2.45, 2.75) is 39.7 Å². The molecule has 1 aromatic rings. The summed E-state index contributed by atoms with van der Waals surface area (Å²) in [5, 5.41) is 12.9. The Morgan fingerprint density at radius 2 is 2.00 bits per heavy atom. The Hall–Kier alpha value is -1.85. The zero-order valence-corrected chi connectivity index (χ0v) is 12.0. The van der Waals surface area contributed by atoms with Gasteiger partial charge in [0.1, 0.15) is 5.76 Å². The molecule has 0 radical (unpaired) electrons. The van der Waals surface area contributed by atoms with Gasteiger partial charge in [0.25, 0.3) is 0 Å². The molecule has 1 N–H and O–H groups in total. The number of carbonyl (C=O) groups is 2. The molecular formula is C14H20N2O4. The van der Waals surface area contributed by atoms with Crippen molar-refractivity contribution in [2.75, 3.05) is 7.05 Å². The van der Waals surface area contributed by atoms with Crippen LogP contribution in [0.4, 0.5) is 0 Å². The fourth-order valence-corrected chi connectivity index (χ4v) is 2.78. The van der Waals surface area contributed by atoms with Crippen LogP contribution in [-0.2, 0) is 16.1 Å². The number of aromatic nitrogens is 1. The van der Waals surface area contributed by atoms with E-state index in [9.17, 15) is 9.59 Å². The van der Waals surface area contributed by atoms with E-state index in [4.69, 9.17) is 9.63 Å². The quantitative estimate of drug-likeness (QED) is 0.908. The monoisotopic (exact) mass is 280 g/mol. The van der Waals surface area contributed by atoms with E-state index in [-0.39, 0.29) is 17.7 Å². The highest BCUT2D eigenvalue weighted by Crippen LogP contribution is 2.32. The fraction of sp³-hybridized carbons (Fsp3) is 0.643. The molecular weight excluding hydrogens is 260 g/mol. The minimum atomic E-state index is -0.798. The number of hydrogen-bond donors (Lipinski definition) is 1. The molecule has 6 nitrogen and oxygen atoms in total. The Balaban J connectivity index is 1.98. The lowest BCUT2D eigenvalue weighted by Gasteiger charge is -2.21. The van der Waals surface area contributed by atoms with Crippen LogP contribution in [0.5, 0.6) is 0 Å². The molecule has 1 heterocycles. The molecule has 2 atom stereocenters. The molecule has 1 aliphatic rings. The van der Waals surface area contributed by atoms with Crippen molar-refractivity contribution in [3.05, 3.63) is 17.0 Å². The van der Waals surface area contributed by atoms with Crippen LogP contribution >= 0.6 is 0 Å². The molecule has 1 saturated carbocycles. The first kappa shape index (κ1) is 14.6. The lowest BCUT2D eigenvalue weighted by Crippen LogP contribution is -2.32. The highest BCUT2D eigenvalue weighted by Gasteiger charge is 2.35. The lowest BCUT2D eigenvalue weighted by molar-refractivity contribution is -0.141. The molecule has 0 aliphatic heterocycles. The van der Waals surface area contributed by atoms with Gasteiger partial charge in [0, 0.05) is 18.5 Å². The number of hydrogen-bond acceptors (Lipinski definition) is 4. The third-order valence-electron chi connectivity index (χ3n) is 4.08. The average molecular weight is 280 g/mol. The van der Waals surface area contributed by atoms with E-state index >= 15 is 0 Å². The molecule has 6 heteroatoms. The van der Waals surface area contributed by atoms with Gasteiger partial charge >= 0.3 is 5.97 Å². The largest absolute Gasteiger partial charge is 0.481 e. The van der Waals surface area contributed by atoms with Crippen molar-refractivity contribution in [3.63, 3.8) is 0 Å². The predicted octanol–water partition coefficient (Wildman–Crippen LogP) is 1.75. The van der Waals surface area contributed by atoms with Crippen LogP contribution in [0.3, 0.4) is 0 Å². The number of nitrogens with zero attached hydrogens (tertiary/aromatic N) is 2. The molecule has 0 saturated heterocycles. The summed E-state index contributed by atoms with van der Waals surface area (Å²) >= 11 is 0. The van der Waals surface area contributed by atoms with Crippen molar-refractivity contribution < 1.29 is 19.2 Å². The Labute approximate surface area is 117 Å². The Kier molecular flexibility index (Phi) is 4.11. The van der Waals surface area contributed by atoms with E-state index in [2.05, 4.69) is 5.16 Å². The summed E-state index contributed by atoms with van der Waals surface area (Å²) in [6, 6.07) is 0. The minimum Gasteiger partial charge on any atom is -0.481 e. The molecule has 2 rings (SSSR count). The van der Waals surface area contributed by atoms with Gasteiger partial charge in [-0.05, 0) is 33.1 Å². The first-order chi connectivity index (χ1) is 9.40. The predicted molar refractivity (Wildman–Crippen MR) is 70.9 cm³/mol. The van der Waals surface area contributed by atoms with E-state index in [1.165, 1.54) is 0 Å². The van der Waals surface area contributed by atoms with E-state index in [0.717, 1.165) is 17.0 Å². The second-order valence-corrected chi connectivity index (χ2v) is 5.54. The number of aryl methyl sites for hydroxylation is 2. The topological polar surface area (TPSA) is 83.6 Å². The van der Waals surface area contributed by atoms with E-state index < -0.39 is 5.97 Å². The molecule has 0 bridgehead atoms. The Bertz CT molecular complexity index is 504. The molecule has 0 spiro atoms. The summed E-state index contributed by atoms with van der Waals surface area (Å²) in [4.78, 5) is 24.9. The van der Waals surface area contributed by atoms with E-state index in [1.54, 1.807) is 11.9 Å². The maximum atomic E-state index is 12.3. The highest BCUT2D eigenvalue weighted by atomic mass is 16.5. The Morgan fingerprint density at radius 3 is 2.50 bits per heavy atom. The number of carbonyl (C=O) groups excluding carboxylic acids is 1. The van der Waals surface area contributed by atoms with Gasteiger partial charge in [-0.25, -0.2) is 0 Å². The van der Waals surface area contributed by atoms with Crippen LogP contribution in [-0.4, -0.2) is 34.1 Å². The van der Waals surface area contributed by atoms with Crippen LogP contribution < -0.4 is 0 Å². The summed E-state index contributed by atoms with van der Waals surface area (Å²) in [6.07, 6.45) is 1.69. The second-order valence-electron chi connectivity index (χ2n) is 5.54. The van der Waals surface area contributed by atoms with Crippen molar-refractivity contribution in [3.8, 4) is 0 Å². The first-order valence-electron chi connectivity index (χ1n) is 6.79. The molecule has 110 valence electrons. The Morgan fingerprint density at radius 1 is 1.35 bits per heavy atom. The maximum Gasteiger partial charge on any atom is 0.306 e. The van der Waals surface area contributed by atoms with Crippen molar-refractivity contribution in [2.24, 2.45) is 11.8 Å². The zero-order chi connectivity index (χ0) is 14.9. The second kappa shape index (κ2) is 5.64. The molecule has 1 amide bonds. The standard InChI is InChI=1S/C14H20N2O4/c1-8-12(9(2)20-15-8)7-16(3)13(17)10-4-5-11(6-10)14(18)19/h10-11H,4-7H2,1-3H3,(H,18,19)/t10-,11+/m1/s1. The summed E-state index contributed by atoms with van der Waals surface area (Å²) in [6.45, 7) is 4.12. The van der Waals surface area contributed by atoms with Gasteiger partial charge in [0.15, 0.2) is 0 Å². The molecule has 0 aromatic carbocycles. The lowest BCUT2D eigenvalue weighted by atomic mass is 10.0. The molecule has 1 aromatic heterocycles. The molecule has 1 aliphatic carbocycles. The van der Waals surface area contributed by atoms with Gasteiger partial charge in [0.2, 0.25) is 5.91 Å². The molecule has 1 fully saturated rings. The van der Waals surface area contributed by atoms with Gasteiger partial charge in [-0.3, -0.25) is 9.59 Å². The third kappa shape index (κ3) is 2.84. The maximum absolute atomic E-state index is 12.3.